The fourth-order valence-electron chi connectivity index (χ4n) is 3.02. The van der Waals surface area contributed by atoms with Gasteiger partial charge < -0.3 is 9.84 Å². The number of aromatic hydroxyl groups is 1. The number of thiophene rings is 1. The first-order valence-electron chi connectivity index (χ1n) is 9.74. The summed E-state index contributed by atoms with van der Waals surface area (Å²) in [4.78, 5) is 1.08. The molecule has 28 heavy (non-hydrogen) atoms. The number of benzene rings is 3. The summed E-state index contributed by atoms with van der Waals surface area (Å²) in [5.41, 5.74) is 3.21. The van der Waals surface area contributed by atoms with Crippen molar-refractivity contribution in [3.8, 4) is 27.7 Å². The third kappa shape index (κ3) is 4.05. The summed E-state index contributed by atoms with van der Waals surface area (Å²) in [6.45, 7) is 8.06. The third-order valence-corrected chi connectivity index (χ3v) is 5.76. The maximum atomic E-state index is 9.86. The van der Waals surface area contributed by atoms with Gasteiger partial charge in [0.05, 0.1) is 4.88 Å². The Morgan fingerprint density at radius 1 is 0.929 bits per heavy atom. The summed E-state index contributed by atoms with van der Waals surface area (Å²) in [5.74, 6) is 2.02. The quantitative estimate of drug-likeness (QED) is 0.383. The molecule has 0 amide bonds. The first-order valence-corrected chi connectivity index (χ1v) is 10.6. The van der Waals surface area contributed by atoms with E-state index in [4.69, 9.17) is 4.74 Å². The second-order valence-corrected chi connectivity index (χ2v) is 7.41. The molecule has 0 bridgehead atoms. The van der Waals surface area contributed by atoms with E-state index >= 15 is 0 Å². The first-order chi connectivity index (χ1) is 13.7. The average molecular weight is 391 g/mol. The van der Waals surface area contributed by atoms with E-state index in [1.54, 1.807) is 17.4 Å². The predicted octanol–water partition coefficient (Wildman–Crippen LogP) is 7.96. The standard InChI is InChI=1S/C23H20O2S.C2H6/c1-3-16-8-11-18(12-9-16)25-22-19-6-4-5-7-21(19)26-23(22)17-10-13-20(24)15(2)14-17;1-2/h4-14,24H,3H2,1-2H3;1-2H3. The highest BCUT2D eigenvalue weighted by Gasteiger charge is 2.16. The van der Waals surface area contributed by atoms with Crippen LogP contribution in [0.2, 0.25) is 0 Å². The summed E-state index contributed by atoms with van der Waals surface area (Å²) in [6, 6.07) is 22.2. The van der Waals surface area contributed by atoms with Gasteiger partial charge in [-0.1, -0.05) is 45.0 Å². The molecule has 0 aliphatic heterocycles. The van der Waals surface area contributed by atoms with Crippen LogP contribution in [0.3, 0.4) is 0 Å². The molecule has 0 aliphatic rings. The van der Waals surface area contributed by atoms with Crippen molar-refractivity contribution in [1.29, 1.82) is 0 Å². The van der Waals surface area contributed by atoms with Crippen LogP contribution in [0.25, 0.3) is 20.5 Å². The van der Waals surface area contributed by atoms with Crippen LogP contribution in [-0.4, -0.2) is 5.11 Å². The zero-order valence-corrected chi connectivity index (χ0v) is 17.6. The van der Waals surface area contributed by atoms with Crippen LogP contribution in [-0.2, 0) is 6.42 Å². The van der Waals surface area contributed by atoms with E-state index in [0.29, 0.717) is 5.75 Å². The molecule has 1 aromatic heterocycles. The van der Waals surface area contributed by atoms with Gasteiger partial charge in [-0.3, -0.25) is 0 Å². The van der Waals surface area contributed by atoms with E-state index in [-0.39, 0.29) is 0 Å². The lowest BCUT2D eigenvalue weighted by Gasteiger charge is -2.09. The van der Waals surface area contributed by atoms with Crippen molar-refractivity contribution in [2.75, 3.05) is 0 Å². The van der Waals surface area contributed by atoms with Crippen LogP contribution in [0.5, 0.6) is 17.2 Å². The molecular weight excluding hydrogens is 364 g/mol. The van der Waals surface area contributed by atoms with E-state index in [1.807, 2.05) is 57.2 Å². The SMILES string of the molecule is CC.CCc1ccc(Oc2c(-c3ccc(O)c(C)c3)sc3ccccc23)cc1. The van der Waals surface area contributed by atoms with Crippen LogP contribution in [0.4, 0.5) is 0 Å². The number of phenolic OH excluding ortho intramolecular Hbond substituents is 1. The van der Waals surface area contributed by atoms with Gasteiger partial charge in [0.1, 0.15) is 11.5 Å². The molecule has 1 N–H and O–H groups in total. The van der Waals surface area contributed by atoms with Gasteiger partial charge in [0, 0.05) is 10.1 Å². The third-order valence-electron chi connectivity index (χ3n) is 4.56. The van der Waals surface area contributed by atoms with Crippen molar-refractivity contribution in [3.63, 3.8) is 0 Å². The number of fused-ring (bicyclic) bond motifs is 1. The monoisotopic (exact) mass is 390 g/mol. The number of ether oxygens (including phenoxy) is 1. The van der Waals surface area contributed by atoms with Crippen molar-refractivity contribution in [2.45, 2.75) is 34.1 Å². The maximum absolute atomic E-state index is 9.86. The zero-order chi connectivity index (χ0) is 20.1. The van der Waals surface area contributed by atoms with Gasteiger partial charge in [-0.25, -0.2) is 0 Å². The average Bonchev–Trinajstić information content (AvgIpc) is 3.10. The van der Waals surface area contributed by atoms with Crippen molar-refractivity contribution < 1.29 is 9.84 Å². The van der Waals surface area contributed by atoms with Crippen molar-refractivity contribution in [1.82, 2.24) is 0 Å². The summed E-state index contributed by atoms with van der Waals surface area (Å²) in [5, 5.41) is 11.0. The van der Waals surface area contributed by atoms with Crippen molar-refractivity contribution >= 4 is 21.4 Å². The van der Waals surface area contributed by atoms with Crippen LogP contribution in [0, 0.1) is 6.92 Å². The molecule has 0 radical (unpaired) electrons. The molecule has 3 heteroatoms. The Kier molecular flexibility index (Phi) is 6.37. The molecule has 144 valence electrons. The van der Waals surface area contributed by atoms with Crippen LogP contribution in [0.1, 0.15) is 31.9 Å². The Morgan fingerprint density at radius 2 is 1.64 bits per heavy atom. The van der Waals surface area contributed by atoms with Crippen LogP contribution >= 0.6 is 11.3 Å². The minimum atomic E-state index is 0.312. The van der Waals surface area contributed by atoms with Gasteiger partial charge in [0.15, 0.2) is 5.75 Å². The highest BCUT2D eigenvalue weighted by atomic mass is 32.1. The molecule has 1 heterocycles. The fraction of sp³-hybridized carbons (Fsp3) is 0.200. The molecule has 0 saturated heterocycles. The molecule has 2 nitrogen and oxygen atoms in total. The van der Waals surface area contributed by atoms with Crippen molar-refractivity contribution in [3.05, 3.63) is 77.9 Å². The summed E-state index contributed by atoms with van der Waals surface area (Å²) in [6.07, 6.45) is 1.01. The Bertz CT molecular complexity index is 1060. The van der Waals surface area contributed by atoms with Gasteiger partial charge in [-0.05, 0) is 72.5 Å². The molecule has 0 fully saturated rings. The minimum Gasteiger partial charge on any atom is -0.508 e. The topological polar surface area (TPSA) is 29.5 Å². The Labute approximate surface area is 171 Å². The number of hydrogen-bond acceptors (Lipinski definition) is 3. The molecule has 3 aromatic carbocycles. The van der Waals surface area contributed by atoms with E-state index in [2.05, 4.69) is 31.2 Å². The lowest BCUT2D eigenvalue weighted by Crippen LogP contribution is -1.87. The smallest absolute Gasteiger partial charge is 0.153 e. The van der Waals surface area contributed by atoms with Gasteiger partial charge in [-0.15, -0.1) is 11.3 Å². The molecule has 0 aliphatic carbocycles. The van der Waals surface area contributed by atoms with Gasteiger partial charge >= 0.3 is 0 Å². The highest BCUT2D eigenvalue weighted by Crippen LogP contribution is 2.46. The van der Waals surface area contributed by atoms with E-state index in [9.17, 15) is 5.11 Å². The number of phenols is 1. The molecule has 0 atom stereocenters. The molecule has 0 spiro atoms. The van der Waals surface area contributed by atoms with Gasteiger partial charge in [-0.2, -0.15) is 0 Å². The maximum Gasteiger partial charge on any atom is 0.153 e. The van der Waals surface area contributed by atoms with E-state index < -0.39 is 0 Å². The van der Waals surface area contributed by atoms with Crippen LogP contribution in [0.15, 0.2) is 66.7 Å². The van der Waals surface area contributed by atoms with Crippen LogP contribution < -0.4 is 4.74 Å². The normalized spacial score (nSPS) is 10.4. The van der Waals surface area contributed by atoms with Crippen molar-refractivity contribution in [2.24, 2.45) is 0 Å². The Balaban J connectivity index is 0.00000109. The molecular formula is C25H26O2S. The highest BCUT2D eigenvalue weighted by molar-refractivity contribution is 7.22. The summed E-state index contributed by atoms with van der Waals surface area (Å²) < 4.78 is 7.52. The minimum absolute atomic E-state index is 0.312. The molecule has 0 unspecified atom stereocenters. The van der Waals surface area contributed by atoms with E-state index in [0.717, 1.165) is 39.3 Å². The fourth-order valence-corrected chi connectivity index (χ4v) is 4.15. The second kappa shape index (κ2) is 8.94. The van der Waals surface area contributed by atoms with Gasteiger partial charge in [0.2, 0.25) is 0 Å². The number of aryl methyl sites for hydroxylation is 2. The lowest BCUT2D eigenvalue weighted by molar-refractivity contribution is 0.471. The van der Waals surface area contributed by atoms with Gasteiger partial charge in [0.25, 0.3) is 0 Å². The molecule has 4 aromatic rings. The Morgan fingerprint density at radius 3 is 2.32 bits per heavy atom. The Hall–Kier alpha value is -2.78. The largest absolute Gasteiger partial charge is 0.508 e. The molecule has 0 saturated carbocycles. The lowest BCUT2D eigenvalue weighted by atomic mass is 10.1. The first kappa shape index (κ1) is 20.0. The number of hydrogen-bond donors (Lipinski definition) is 1. The number of rotatable bonds is 4. The summed E-state index contributed by atoms with van der Waals surface area (Å²) in [7, 11) is 0. The zero-order valence-electron chi connectivity index (χ0n) is 16.8. The van der Waals surface area contributed by atoms with E-state index in [1.165, 1.54) is 10.3 Å². The predicted molar refractivity (Wildman–Crippen MR) is 121 cm³/mol. The molecule has 4 rings (SSSR count). The second-order valence-electron chi connectivity index (χ2n) is 6.36. The summed E-state index contributed by atoms with van der Waals surface area (Å²) >= 11 is 1.71.